The van der Waals surface area contributed by atoms with Crippen LogP contribution in [0.15, 0.2) is 48.8 Å². The normalized spacial score (nSPS) is 11.4. The van der Waals surface area contributed by atoms with E-state index in [1.807, 2.05) is 37.3 Å². The van der Waals surface area contributed by atoms with Crippen LogP contribution in [-0.4, -0.2) is 10.9 Å². The van der Waals surface area contributed by atoms with Crippen LogP contribution in [0.3, 0.4) is 0 Å². The summed E-state index contributed by atoms with van der Waals surface area (Å²) >= 11 is 0. The van der Waals surface area contributed by atoms with E-state index in [4.69, 9.17) is 0 Å². The van der Waals surface area contributed by atoms with Crippen LogP contribution in [0.5, 0.6) is 0 Å². The Morgan fingerprint density at radius 3 is 2.80 bits per heavy atom. The Labute approximate surface area is 118 Å². The Balaban J connectivity index is 2.06. The molecule has 0 aliphatic rings. The first-order valence-electron chi connectivity index (χ1n) is 6.34. The van der Waals surface area contributed by atoms with Gasteiger partial charge in [0.05, 0.1) is 12.5 Å². The van der Waals surface area contributed by atoms with E-state index in [0.29, 0.717) is 0 Å². The van der Waals surface area contributed by atoms with Crippen molar-refractivity contribution in [2.24, 2.45) is 0 Å². The third kappa shape index (κ3) is 3.42. The molecular weight excluding hydrogens is 250 g/mol. The van der Waals surface area contributed by atoms with Crippen LogP contribution in [0.25, 0.3) is 0 Å². The van der Waals surface area contributed by atoms with Crippen molar-refractivity contribution in [2.45, 2.75) is 19.4 Å². The summed E-state index contributed by atoms with van der Waals surface area (Å²) in [7, 11) is 0. The Morgan fingerprint density at radius 2 is 2.15 bits per heavy atom. The zero-order valence-corrected chi connectivity index (χ0v) is 11.2. The quantitative estimate of drug-likeness (QED) is 0.922. The number of nitriles is 1. The maximum atomic E-state index is 12.0. The van der Waals surface area contributed by atoms with Gasteiger partial charge in [-0.3, -0.25) is 9.78 Å². The van der Waals surface area contributed by atoms with Gasteiger partial charge in [0, 0.05) is 12.4 Å². The average molecular weight is 265 g/mol. The van der Waals surface area contributed by atoms with E-state index in [2.05, 4.69) is 16.4 Å². The Hall–Kier alpha value is -2.67. The summed E-state index contributed by atoms with van der Waals surface area (Å²) in [6, 6.07) is 12.7. The van der Waals surface area contributed by atoms with Crippen molar-refractivity contribution in [3.05, 3.63) is 65.5 Å². The molecule has 1 heterocycles. The standard InChI is InChI=1S/C16H15N3O/c1-12-5-2-3-7-14(12)15(10-17)19-16(20)9-13-6-4-8-18-11-13/h2-8,11,15H,9H2,1H3,(H,19,20). The van der Waals surface area contributed by atoms with Gasteiger partial charge in [-0.25, -0.2) is 0 Å². The Kier molecular flexibility index (Phi) is 4.46. The lowest BCUT2D eigenvalue weighted by atomic mass is 10.0. The van der Waals surface area contributed by atoms with Crippen LogP contribution in [-0.2, 0) is 11.2 Å². The van der Waals surface area contributed by atoms with E-state index in [-0.39, 0.29) is 12.3 Å². The van der Waals surface area contributed by atoms with Crippen molar-refractivity contribution in [3.63, 3.8) is 0 Å². The van der Waals surface area contributed by atoms with Crippen molar-refractivity contribution in [1.82, 2.24) is 10.3 Å². The molecule has 0 saturated carbocycles. The van der Waals surface area contributed by atoms with Crippen LogP contribution >= 0.6 is 0 Å². The molecule has 0 saturated heterocycles. The van der Waals surface area contributed by atoms with Crippen molar-refractivity contribution >= 4 is 5.91 Å². The molecular formula is C16H15N3O. The highest BCUT2D eigenvalue weighted by Gasteiger charge is 2.15. The number of carbonyl (C=O) groups excluding carboxylic acids is 1. The van der Waals surface area contributed by atoms with Crippen LogP contribution < -0.4 is 5.32 Å². The predicted molar refractivity (Wildman–Crippen MR) is 75.6 cm³/mol. The number of carbonyl (C=O) groups is 1. The van der Waals surface area contributed by atoms with E-state index in [0.717, 1.165) is 16.7 Å². The van der Waals surface area contributed by atoms with Crippen LogP contribution in [0.4, 0.5) is 0 Å². The molecule has 2 aromatic rings. The van der Waals surface area contributed by atoms with Gasteiger partial charge in [-0.2, -0.15) is 5.26 Å². The van der Waals surface area contributed by atoms with Gasteiger partial charge in [-0.15, -0.1) is 0 Å². The van der Waals surface area contributed by atoms with Gasteiger partial charge in [0.25, 0.3) is 0 Å². The number of aryl methyl sites for hydroxylation is 1. The molecule has 1 amide bonds. The molecule has 4 nitrogen and oxygen atoms in total. The predicted octanol–water partition coefficient (Wildman–Crippen LogP) is 2.31. The third-order valence-corrected chi connectivity index (χ3v) is 3.02. The highest BCUT2D eigenvalue weighted by Crippen LogP contribution is 2.16. The van der Waals surface area contributed by atoms with Gasteiger partial charge < -0.3 is 5.32 Å². The smallest absolute Gasteiger partial charge is 0.225 e. The van der Waals surface area contributed by atoms with Gasteiger partial charge >= 0.3 is 0 Å². The number of rotatable bonds is 4. The Morgan fingerprint density at radius 1 is 1.35 bits per heavy atom. The molecule has 100 valence electrons. The first-order chi connectivity index (χ1) is 9.70. The number of pyridine rings is 1. The van der Waals surface area contributed by atoms with Crippen molar-refractivity contribution in [3.8, 4) is 6.07 Å². The summed E-state index contributed by atoms with van der Waals surface area (Å²) < 4.78 is 0. The maximum absolute atomic E-state index is 12.0. The van der Waals surface area contributed by atoms with E-state index in [1.165, 1.54) is 0 Å². The van der Waals surface area contributed by atoms with E-state index < -0.39 is 6.04 Å². The van der Waals surface area contributed by atoms with Crippen LogP contribution in [0.1, 0.15) is 22.7 Å². The molecule has 0 spiro atoms. The molecule has 2 rings (SSSR count). The first kappa shape index (κ1) is 13.8. The highest BCUT2D eigenvalue weighted by molar-refractivity contribution is 5.79. The van der Waals surface area contributed by atoms with Crippen molar-refractivity contribution < 1.29 is 4.79 Å². The number of hydrogen-bond acceptors (Lipinski definition) is 3. The number of nitrogens with one attached hydrogen (secondary N) is 1. The molecule has 1 N–H and O–H groups in total. The van der Waals surface area contributed by atoms with Gasteiger partial charge in [-0.05, 0) is 29.7 Å². The molecule has 1 atom stereocenters. The Bertz CT molecular complexity index is 632. The largest absolute Gasteiger partial charge is 0.336 e. The fourth-order valence-electron chi connectivity index (χ4n) is 1.99. The lowest BCUT2D eigenvalue weighted by molar-refractivity contribution is -0.120. The summed E-state index contributed by atoms with van der Waals surface area (Å²) in [4.78, 5) is 15.9. The minimum Gasteiger partial charge on any atom is -0.336 e. The molecule has 4 heteroatoms. The monoisotopic (exact) mass is 265 g/mol. The molecule has 0 bridgehead atoms. The number of aromatic nitrogens is 1. The number of benzene rings is 1. The van der Waals surface area contributed by atoms with Gasteiger partial charge in [0.2, 0.25) is 5.91 Å². The lowest BCUT2D eigenvalue weighted by Gasteiger charge is -2.14. The number of amides is 1. The molecule has 0 aliphatic carbocycles. The maximum Gasteiger partial charge on any atom is 0.225 e. The minimum absolute atomic E-state index is 0.187. The fraction of sp³-hybridized carbons (Fsp3) is 0.188. The molecule has 0 fully saturated rings. The fourth-order valence-corrected chi connectivity index (χ4v) is 1.99. The van der Waals surface area contributed by atoms with E-state index in [9.17, 15) is 10.1 Å². The summed E-state index contributed by atoms with van der Waals surface area (Å²) in [6.45, 7) is 1.92. The van der Waals surface area contributed by atoms with Crippen molar-refractivity contribution in [2.75, 3.05) is 0 Å². The molecule has 20 heavy (non-hydrogen) atoms. The summed E-state index contributed by atoms with van der Waals surface area (Å²) in [5.74, 6) is -0.187. The van der Waals surface area contributed by atoms with E-state index >= 15 is 0 Å². The average Bonchev–Trinajstić information content (AvgIpc) is 2.46. The van der Waals surface area contributed by atoms with Gasteiger partial charge in [0.1, 0.15) is 6.04 Å². The second-order valence-corrected chi connectivity index (χ2v) is 4.52. The SMILES string of the molecule is Cc1ccccc1C(C#N)NC(=O)Cc1cccnc1. The molecule has 0 aliphatic heterocycles. The van der Waals surface area contributed by atoms with Gasteiger partial charge in [-0.1, -0.05) is 30.3 Å². The summed E-state index contributed by atoms with van der Waals surface area (Å²) in [5, 5.41) is 12.0. The number of hydrogen-bond donors (Lipinski definition) is 1. The second-order valence-electron chi connectivity index (χ2n) is 4.52. The van der Waals surface area contributed by atoms with Crippen molar-refractivity contribution in [1.29, 1.82) is 5.26 Å². The van der Waals surface area contributed by atoms with Crippen LogP contribution in [0.2, 0.25) is 0 Å². The molecule has 0 radical (unpaired) electrons. The number of nitrogens with zero attached hydrogens (tertiary/aromatic N) is 2. The molecule has 1 aromatic heterocycles. The third-order valence-electron chi connectivity index (χ3n) is 3.02. The topological polar surface area (TPSA) is 65.8 Å². The van der Waals surface area contributed by atoms with E-state index in [1.54, 1.807) is 18.5 Å². The minimum atomic E-state index is -0.625. The first-order valence-corrected chi connectivity index (χ1v) is 6.34. The van der Waals surface area contributed by atoms with Gasteiger partial charge in [0.15, 0.2) is 0 Å². The van der Waals surface area contributed by atoms with Crippen LogP contribution in [0, 0.1) is 18.3 Å². The molecule has 1 unspecified atom stereocenters. The molecule has 1 aromatic carbocycles. The zero-order valence-electron chi connectivity index (χ0n) is 11.2. The summed E-state index contributed by atoms with van der Waals surface area (Å²) in [5.41, 5.74) is 2.64. The lowest BCUT2D eigenvalue weighted by Crippen LogP contribution is -2.29. The zero-order chi connectivity index (χ0) is 14.4. The second kappa shape index (κ2) is 6.48. The highest BCUT2D eigenvalue weighted by atomic mass is 16.1. The summed E-state index contributed by atoms with van der Waals surface area (Å²) in [6.07, 6.45) is 3.53.